The number of nitrogens with zero attached hydrogens (tertiary/aromatic N) is 1. The third-order valence-electron chi connectivity index (χ3n) is 3.23. The zero-order valence-electron chi connectivity index (χ0n) is 12.5. The van der Waals surface area contributed by atoms with Gasteiger partial charge in [0.25, 0.3) is 0 Å². The molecule has 6 heteroatoms. The van der Waals surface area contributed by atoms with Crippen LogP contribution in [0.3, 0.4) is 0 Å². The van der Waals surface area contributed by atoms with E-state index in [-0.39, 0.29) is 6.04 Å². The van der Waals surface area contributed by atoms with E-state index in [9.17, 15) is 8.42 Å². The van der Waals surface area contributed by atoms with Crippen molar-refractivity contribution in [2.45, 2.75) is 32.1 Å². The van der Waals surface area contributed by atoms with Crippen LogP contribution < -0.4 is 10.0 Å². The van der Waals surface area contributed by atoms with E-state index in [1.165, 1.54) is 0 Å². The molecule has 0 fully saturated rings. The molecule has 2 rings (SSSR count). The van der Waals surface area contributed by atoms with Gasteiger partial charge in [-0.05, 0) is 19.1 Å². The van der Waals surface area contributed by atoms with Crippen molar-refractivity contribution < 1.29 is 8.42 Å². The summed E-state index contributed by atoms with van der Waals surface area (Å²) in [7, 11) is -3.45. The van der Waals surface area contributed by atoms with Gasteiger partial charge >= 0.3 is 0 Å². The summed E-state index contributed by atoms with van der Waals surface area (Å²) in [6.45, 7) is 6.07. The molecule has 0 aliphatic heterocycles. The largest absolute Gasteiger partial charge is 0.313 e. The van der Waals surface area contributed by atoms with Gasteiger partial charge in [0.15, 0.2) is 0 Å². The fourth-order valence-electron chi connectivity index (χ4n) is 1.95. The van der Waals surface area contributed by atoms with Crippen molar-refractivity contribution in [3.05, 3.63) is 36.5 Å². The molecule has 21 heavy (non-hydrogen) atoms. The summed E-state index contributed by atoms with van der Waals surface area (Å²) in [4.78, 5) is 4.26. The maximum atomic E-state index is 12.4. The molecule has 114 valence electrons. The third-order valence-corrected chi connectivity index (χ3v) is 4.96. The number of sulfonamides is 1. The lowest BCUT2D eigenvalue weighted by molar-refractivity contribution is 0.553. The number of pyridine rings is 1. The molecule has 0 bridgehead atoms. The topological polar surface area (TPSA) is 71.1 Å². The molecule has 1 atom stereocenters. The normalized spacial score (nSPS) is 13.5. The van der Waals surface area contributed by atoms with Crippen molar-refractivity contribution in [2.24, 2.45) is 0 Å². The summed E-state index contributed by atoms with van der Waals surface area (Å²) >= 11 is 0. The minimum absolute atomic E-state index is 0.252. The summed E-state index contributed by atoms with van der Waals surface area (Å²) in [5.41, 5.74) is 1.18. The summed E-state index contributed by atoms with van der Waals surface area (Å²) < 4.78 is 27.4. The van der Waals surface area contributed by atoms with Gasteiger partial charge in [0.1, 0.15) is 0 Å². The number of hydrogen-bond donors (Lipinski definition) is 2. The first-order valence-electron chi connectivity index (χ1n) is 6.99. The van der Waals surface area contributed by atoms with Crippen LogP contribution in [-0.2, 0) is 10.0 Å². The minimum atomic E-state index is -3.45. The summed E-state index contributed by atoms with van der Waals surface area (Å²) in [6, 6.07) is 9.44. The number of nitrogens with one attached hydrogen (secondary N) is 2. The second kappa shape index (κ2) is 6.41. The van der Waals surface area contributed by atoms with Crippen molar-refractivity contribution in [2.75, 3.05) is 11.3 Å². The quantitative estimate of drug-likeness (QED) is 0.859. The fraction of sp³-hybridized carbons (Fsp3) is 0.400. The molecule has 0 spiro atoms. The van der Waals surface area contributed by atoms with Gasteiger partial charge in [-0.15, -0.1) is 0 Å². The minimum Gasteiger partial charge on any atom is -0.313 e. The van der Waals surface area contributed by atoms with E-state index < -0.39 is 15.3 Å². The SMILES string of the molecule is CC(C)NCC(C)S(=O)(=O)Nc1cccc2cccnc12. The van der Waals surface area contributed by atoms with E-state index in [0.717, 1.165) is 5.39 Å². The monoisotopic (exact) mass is 307 g/mol. The van der Waals surface area contributed by atoms with E-state index >= 15 is 0 Å². The molecule has 0 saturated carbocycles. The number of benzene rings is 1. The number of fused-ring (bicyclic) bond motifs is 1. The van der Waals surface area contributed by atoms with Gasteiger partial charge in [-0.25, -0.2) is 8.42 Å². The second-order valence-electron chi connectivity index (χ2n) is 5.40. The maximum Gasteiger partial charge on any atom is 0.236 e. The zero-order chi connectivity index (χ0) is 15.5. The van der Waals surface area contributed by atoms with Crippen LogP contribution in [-0.4, -0.2) is 31.2 Å². The van der Waals surface area contributed by atoms with Gasteiger partial charge in [-0.3, -0.25) is 9.71 Å². The number of rotatable bonds is 6. The molecule has 5 nitrogen and oxygen atoms in total. The van der Waals surface area contributed by atoms with Gasteiger partial charge in [-0.2, -0.15) is 0 Å². The van der Waals surface area contributed by atoms with Crippen LogP contribution in [0.25, 0.3) is 10.9 Å². The molecule has 2 N–H and O–H groups in total. The molecule has 1 aromatic carbocycles. The Labute approximate surface area is 125 Å². The molecule has 0 aliphatic carbocycles. The number of anilines is 1. The summed E-state index contributed by atoms with van der Waals surface area (Å²) in [5, 5.41) is 3.52. The van der Waals surface area contributed by atoms with Gasteiger partial charge in [0.2, 0.25) is 10.0 Å². The maximum absolute atomic E-state index is 12.4. The van der Waals surface area contributed by atoms with Crippen LogP contribution in [0, 0.1) is 0 Å². The van der Waals surface area contributed by atoms with E-state index in [0.29, 0.717) is 17.7 Å². The van der Waals surface area contributed by atoms with Crippen molar-refractivity contribution in [1.29, 1.82) is 0 Å². The van der Waals surface area contributed by atoms with Crippen molar-refractivity contribution >= 4 is 26.6 Å². The zero-order valence-corrected chi connectivity index (χ0v) is 13.3. The van der Waals surface area contributed by atoms with Crippen molar-refractivity contribution in [1.82, 2.24) is 10.3 Å². The van der Waals surface area contributed by atoms with Gasteiger partial charge in [0.05, 0.1) is 16.5 Å². The molecule has 1 heterocycles. The number of aromatic nitrogens is 1. The van der Waals surface area contributed by atoms with Crippen molar-refractivity contribution in [3.63, 3.8) is 0 Å². The Balaban J connectivity index is 2.22. The molecular formula is C15H21N3O2S. The Hall–Kier alpha value is -1.66. The lowest BCUT2D eigenvalue weighted by atomic mass is 10.2. The average molecular weight is 307 g/mol. The van der Waals surface area contributed by atoms with Crippen LogP contribution >= 0.6 is 0 Å². The van der Waals surface area contributed by atoms with Crippen molar-refractivity contribution in [3.8, 4) is 0 Å². The van der Waals surface area contributed by atoms with Gasteiger partial charge < -0.3 is 5.32 Å². The van der Waals surface area contributed by atoms with Crippen LogP contribution in [0.15, 0.2) is 36.5 Å². The highest BCUT2D eigenvalue weighted by Crippen LogP contribution is 2.22. The second-order valence-corrected chi connectivity index (χ2v) is 7.50. The van der Waals surface area contributed by atoms with E-state index in [2.05, 4.69) is 15.0 Å². The van der Waals surface area contributed by atoms with E-state index in [1.54, 1.807) is 19.2 Å². The van der Waals surface area contributed by atoms with Crippen LogP contribution in [0.1, 0.15) is 20.8 Å². The fourth-order valence-corrected chi connectivity index (χ4v) is 2.94. The lowest BCUT2D eigenvalue weighted by Crippen LogP contribution is -2.37. The Morgan fingerprint density at radius 3 is 2.57 bits per heavy atom. The first kappa shape index (κ1) is 15.7. The highest BCUT2D eigenvalue weighted by molar-refractivity contribution is 7.93. The summed E-state index contributed by atoms with van der Waals surface area (Å²) in [5.74, 6) is 0. The highest BCUT2D eigenvalue weighted by atomic mass is 32.2. The first-order valence-corrected chi connectivity index (χ1v) is 8.53. The van der Waals surface area contributed by atoms with E-state index in [4.69, 9.17) is 0 Å². The molecule has 0 aliphatic rings. The molecule has 0 amide bonds. The number of hydrogen-bond acceptors (Lipinski definition) is 4. The Morgan fingerprint density at radius 1 is 1.14 bits per heavy atom. The highest BCUT2D eigenvalue weighted by Gasteiger charge is 2.21. The first-order chi connectivity index (χ1) is 9.90. The smallest absolute Gasteiger partial charge is 0.236 e. The lowest BCUT2D eigenvalue weighted by Gasteiger charge is -2.17. The Kier molecular flexibility index (Phi) is 4.80. The van der Waals surface area contributed by atoms with Crippen LogP contribution in [0.2, 0.25) is 0 Å². The van der Waals surface area contributed by atoms with Gasteiger partial charge in [-0.1, -0.05) is 32.0 Å². The van der Waals surface area contributed by atoms with E-state index in [1.807, 2.05) is 38.1 Å². The predicted octanol–water partition coefficient (Wildman–Crippen LogP) is 2.36. The average Bonchev–Trinajstić information content (AvgIpc) is 2.44. The third kappa shape index (κ3) is 3.92. The van der Waals surface area contributed by atoms with Gasteiger partial charge in [0, 0.05) is 24.2 Å². The molecule has 2 aromatic rings. The predicted molar refractivity (Wildman–Crippen MR) is 86.9 cm³/mol. The molecule has 0 saturated heterocycles. The molecule has 1 aromatic heterocycles. The Bertz CT molecular complexity index is 708. The Morgan fingerprint density at radius 2 is 1.86 bits per heavy atom. The standard InChI is InChI=1S/C15H21N3O2S/c1-11(2)17-10-12(3)21(19,20)18-14-8-4-6-13-7-5-9-16-15(13)14/h4-9,11-12,17-18H,10H2,1-3H3. The van der Waals surface area contributed by atoms with Crippen LogP contribution in [0.5, 0.6) is 0 Å². The van der Waals surface area contributed by atoms with Crippen LogP contribution in [0.4, 0.5) is 5.69 Å². The summed E-state index contributed by atoms with van der Waals surface area (Å²) in [6.07, 6.45) is 1.66. The number of para-hydroxylation sites is 1. The molecule has 0 radical (unpaired) electrons. The molecular weight excluding hydrogens is 286 g/mol. The molecule has 1 unspecified atom stereocenters.